The summed E-state index contributed by atoms with van der Waals surface area (Å²) in [6.07, 6.45) is 0.143. The van der Waals surface area contributed by atoms with Crippen molar-refractivity contribution in [1.29, 1.82) is 0 Å². The molecule has 3 rings (SSSR count). The summed E-state index contributed by atoms with van der Waals surface area (Å²) in [4.78, 5) is 24.4. The number of pyridine rings is 1. The number of carbonyl (C=O) groups is 2. The van der Waals surface area contributed by atoms with Crippen LogP contribution in [0.5, 0.6) is 0 Å². The largest absolute Gasteiger partial charge is 0.618 e. The Morgan fingerprint density at radius 2 is 1.76 bits per heavy atom. The Labute approximate surface area is 144 Å². The van der Waals surface area contributed by atoms with E-state index in [2.05, 4.69) is 5.32 Å². The minimum absolute atomic E-state index is 0.174. The van der Waals surface area contributed by atoms with Crippen LogP contribution in [0.1, 0.15) is 17.4 Å². The number of carbonyl (C=O) groups excluding carboxylic acids is 2. The zero-order chi connectivity index (χ0) is 17.8. The van der Waals surface area contributed by atoms with Crippen LogP contribution in [-0.4, -0.2) is 18.0 Å². The van der Waals surface area contributed by atoms with Crippen molar-refractivity contribution < 1.29 is 19.1 Å². The average molecular weight is 336 g/mol. The molecule has 1 heterocycles. The molecular weight excluding hydrogens is 320 g/mol. The van der Waals surface area contributed by atoms with Crippen LogP contribution in [0.25, 0.3) is 10.8 Å². The first-order valence-corrected chi connectivity index (χ1v) is 7.74. The molecule has 25 heavy (non-hydrogen) atoms. The van der Waals surface area contributed by atoms with Crippen molar-refractivity contribution in [3.05, 3.63) is 77.8 Å². The van der Waals surface area contributed by atoms with Crippen molar-refractivity contribution >= 4 is 28.3 Å². The number of nitrogens with one attached hydrogen (secondary N) is 1. The van der Waals surface area contributed by atoms with E-state index in [9.17, 15) is 14.8 Å². The van der Waals surface area contributed by atoms with E-state index in [-0.39, 0.29) is 5.69 Å². The number of hydrogen-bond donors (Lipinski definition) is 1. The number of rotatable bonds is 4. The summed E-state index contributed by atoms with van der Waals surface area (Å²) in [6.45, 7) is 1.45. The molecule has 1 amide bonds. The smallest absolute Gasteiger partial charge is 0.405 e. The lowest BCUT2D eigenvalue weighted by atomic mass is 10.1. The lowest BCUT2D eigenvalue weighted by Gasteiger charge is -2.14. The van der Waals surface area contributed by atoms with Crippen LogP contribution in [0, 0.1) is 5.21 Å². The number of benzene rings is 2. The number of fused-ring (bicyclic) bond motifs is 1. The summed E-state index contributed by atoms with van der Waals surface area (Å²) >= 11 is 0. The predicted molar refractivity (Wildman–Crippen MR) is 92.9 cm³/mol. The fraction of sp³-hybridized carbons (Fsp3) is 0.105. The Balaban J connectivity index is 1.72. The Hall–Kier alpha value is -3.41. The van der Waals surface area contributed by atoms with Gasteiger partial charge in [0, 0.05) is 23.2 Å². The molecule has 0 spiro atoms. The molecule has 0 fully saturated rings. The van der Waals surface area contributed by atoms with Crippen molar-refractivity contribution in [3.8, 4) is 0 Å². The van der Waals surface area contributed by atoms with Gasteiger partial charge in [0.25, 0.3) is 5.91 Å². The highest BCUT2D eigenvalue weighted by Crippen LogP contribution is 2.23. The number of anilines is 1. The van der Waals surface area contributed by atoms with Crippen LogP contribution in [0.4, 0.5) is 5.69 Å². The average Bonchev–Trinajstić information content (AvgIpc) is 2.62. The second-order valence-electron chi connectivity index (χ2n) is 5.48. The number of amides is 1. The van der Waals surface area contributed by atoms with E-state index in [1.54, 1.807) is 12.1 Å². The minimum atomic E-state index is -1.05. The van der Waals surface area contributed by atoms with Crippen molar-refractivity contribution in [2.24, 2.45) is 0 Å². The second kappa shape index (κ2) is 7.00. The van der Waals surface area contributed by atoms with Gasteiger partial charge in [-0.1, -0.05) is 36.4 Å². The van der Waals surface area contributed by atoms with E-state index >= 15 is 0 Å². The first-order chi connectivity index (χ1) is 12.1. The summed E-state index contributed by atoms with van der Waals surface area (Å²) in [5.41, 5.74) is 0.455. The van der Waals surface area contributed by atoms with Crippen LogP contribution in [0.2, 0.25) is 0 Å². The minimum Gasteiger partial charge on any atom is -0.618 e. The number of aromatic nitrogens is 1. The fourth-order valence-electron chi connectivity index (χ4n) is 2.43. The molecule has 1 atom stereocenters. The van der Waals surface area contributed by atoms with Gasteiger partial charge in [-0.05, 0) is 24.4 Å². The zero-order valence-electron chi connectivity index (χ0n) is 13.5. The Morgan fingerprint density at radius 1 is 1.04 bits per heavy atom. The Morgan fingerprint density at radius 3 is 2.56 bits per heavy atom. The quantitative estimate of drug-likeness (QED) is 0.451. The molecule has 126 valence electrons. The van der Waals surface area contributed by atoms with Crippen LogP contribution < -0.4 is 10.0 Å². The summed E-state index contributed by atoms with van der Waals surface area (Å²) in [5.74, 6) is -1.32. The maximum atomic E-state index is 12.3. The van der Waals surface area contributed by atoms with Gasteiger partial charge in [-0.3, -0.25) is 4.79 Å². The molecule has 6 nitrogen and oxygen atoms in total. The molecular formula is C19H16N2O4. The maximum Gasteiger partial charge on any atom is 0.405 e. The SMILES string of the molecule is C[C@H](OC(=O)c1cccc[n+]1[O-])C(=O)Nc1cccc2ccccc12. The molecule has 2 aromatic carbocycles. The van der Waals surface area contributed by atoms with Gasteiger partial charge in [0.2, 0.25) is 0 Å². The molecule has 0 bridgehead atoms. The number of hydrogen-bond acceptors (Lipinski definition) is 4. The molecule has 6 heteroatoms. The Kier molecular flexibility index (Phi) is 4.61. The van der Waals surface area contributed by atoms with Crippen molar-refractivity contribution in [2.45, 2.75) is 13.0 Å². The molecule has 0 aliphatic carbocycles. The maximum absolute atomic E-state index is 12.3. The topological polar surface area (TPSA) is 82.3 Å². The molecule has 0 saturated heterocycles. The predicted octanol–water partition coefficient (Wildman–Crippen LogP) is 2.66. The highest BCUT2D eigenvalue weighted by atomic mass is 16.6. The summed E-state index contributed by atoms with van der Waals surface area (Å²) < 4.78 is 5.49. The Bertz CT molecular complexity index is 934. The van der Waals surface area contributed by atoms with Gasteiger partial charge < -0.3 is 15.3 Å². The van der Waals surface area contributed by atoms with E-state index < -0.39 is 18.0 Å². The van der Waals surface area contributed by atoms with Gasteiger partial charge in [-0.15, -0.1) is 0 Å². The summed E-state index contributed by atoms with van der Waals surface area (Å²) in [5, 5.41) is 16.2. The fourth-order valence-corrected chi connectivity index (χ4v) is 2.43. The molecule has 1 aromatic heterocycles. The molecule has 1 N–H and O–H groups in total. The molecule has 0 aliphatic rings. The monoisotopic (exact) mass is 336 g/mol. The van der Waals surface area contributed by atoms with E-state index in [1.807, 2.05) is 36.4 Å². The van der Waals surface area contributed by atoms with E-state index in [0.717, 1.165) is 10.8 Å². The molecule has 0 aliphatic heterocycles. The third-order valence-corrected chi connectivity index (χ3v) is 3.73. The number of nitrogens with zero attached hydrogens (tertiary/aromatic N) is 1. The van der Waals surface area contributed by atoms with Crippen LogP contribution in [-0.2, 0) is 9.53 Å². The van der Waals surface area contributed by atoms with Gasteiger partial charge in [-0.2, -0.15) is 4.73 Å². The van der Waals surface area contributed by atoms with Crippen LogP contribution in [0.3, 0.4) is 0 Å². The highest BCUT2D eigenvalue weighted by Gasteiger charge is 2.24. The number of ether oxygens (including phenoxy) is 1. The standard InChI is InChI=1S/C19H16N2O4/c1-13(25-19(23)17-11-4-5-12-21(17)24)18(22)20-16-10-6-8-14-7-2-3-9-15(14)16/h2-13H,1H3,(H,20,22)/t13-/m0/s1. The van der Waals surface area contributed by atoms with E-state index in [4.69, 9.17) is 4.74 Å². The highest BCUT2D eigenvalue weighted by molar-refractivity contribution is 6.04. The van der Waals surface area contributed by atoms with Crippen molar-refractivity contribution in [2.75, 3.05) is 5.32 Å². The van der Waals surface area contributed by atoms with Crippen molar-refractivity contribution in [3.63, 3.8) is 0 Å². The summed E-state index contributed by atoms with van der Waals surface area (Å²) in [6, 6.07) is 17.6. The molecule has 0 saturated carbocycles. The van der Waals surface area contributed by atoms with Gasteiger partial charge in [0.15, 0.2) is 12.3 Å². The lowest BCUT2D eigenvalue weighted by molar-refractivity contribution is -0.608. The lowest BCUT2D eigenvalue weighted by Crippen LogP contribution is -2.37. The van der Waals surface area contributed by atoms with Crippen LogP contribution in [0.15, 0.2) is 66.9 Å². The normalized spacial score (nSPS) is 11.7. The van der Waals surface area contributed by atoms with E-state index in [0.29, 0.717) is 10.4 Å². The first-order valence-electron chi connectivity index (χ1n) is 7.74. The molecule has 3 aromatic rings. The van der Waals surface area contributed by atoms with Gasteiger partial charge >= 0.3 is 11.7 Å². The third kappa shape index (κ3) is 3.58. The van der Waals surface area contributed by atoms with E-state index in [1.165, 1.54) is 25.3 Å². The van der Waals surface area contributed by atoms with Gasteiger partial charge in [0.05, 0.1) is 0 Å². The third-order valence-electron chi connectivity index (χ3n) is 3.73. The van der Waals surface area contributed by atoms with Crippen LogP contribution >= 0.6 is 0 Å². The number of esters is 1. The summed E-state index contributed by atoms with van der Waals surface area (Å²) in [7, 11) is 0. The second-order valence-corrected chi connectivity index (χ2v) is 5.48. The zero-order valence-corrected chi connectivity index (χ0v) is 13.5. The molecule has 0 unspecified atom stereocenters. The van der Waals surface area contributed by atoms with Gasteiger partial charge in [-0.25, -0.2) is 4.79 Å². The first kappa shape index (κ1) is 16.4. The van der Waals surface area contributed by atoms with Gasteiger partial charge in [0.1, 0.15) is 0 Å². The van der Waals surface area contributed by atoms with Crippen molar-refractivity contribution in [1.82, 2.24) is 0 Å². The molecule has 0 radical (unpaired) electrons.